The molecule has 1 rings (SSSR count). The van der Waals surface area contributed by atoms with E-state index in [0.29, 0.717) is 5.92 Å². The maximum atomic E-state index is 8.88. The fourth-order valence-electron chi connectivity index (χ4n) is 1.99. The summed E-state index contributed by atoms with van der Waals surface area (Å²) in [5.41, 5.74) is 2.54. The molecule has 0 amide bonds. The lowest BCUT2D eigenvalue weighted by Crippen LogP contribution is -2.29. The molecule has 0 radical (unpaired) electrons. The summed E-state index contributed by atoms with van der Waals surface area (Å²) in [5, 5.41) is 8.88. The van der Waals surface area contributed by atoms with E-state index in [9.17, 15) is 0 Å². The second-order valence-corrected chi connectivity index (χ2v) is 5.27. The number of nitrogens with zero attached hydrogens (tertiary/aromatic N) is 2. The molecular weight excluding hydrogens is 236 g/mol. The third-order valence-corrected chi connectivity index (χ3v) is 3.52. The van der Waals surface area contributed by atoms with Crippen LogP contribution in [0.1, 0.15) is 37.8 Å². The molecule has 1 atom stereocenters. The minimum absolute atomic E-state index is 0.0391. The SMILES string of the molecule is COc1ccc(CCN(C)C(C)C#N)cc1C(C)C. The van der Waals surface area contributed by atoms with Crippen molar-refractivity contribution in [3.05, 3.63) is 29.3 Å². The van der Waals surface area contributed by atoms with Crippen molar-refractivity contribution in [1.29, 1.82) is 5.26 Å². The summed E-state index contributed by atoms with van der Waals surface area (Å²) >= 11 is 0. The quantitative estimate of drug-likeness (QED) is 0.788. The van der Waals surface area contributed by atoms with Crippen LogP contribution in [-0.4, -0.2) is 31.6 Å². The Morgan fingerprint density at radius 3 is 2.53 bits per heavy atom. The molecular formula is C16H24N2O. The van der Waals surface area contributed by atoms with Gasteiger partial charge in [0.2, 0.25) is 0 Å². The number of benzene rings is 1. The van der Waals surface area contributed by atoms with Gasteiger partial charge in [-0.1, -0.05) is 26.0 Å². The zero-order valence-corrected chi connectivity index (χ0v) is 12.6. The van der Waals surface area contributed by atoms with Gasteiger partial charge in [-0.15, -0.1) is 0 Å². The first-order chi connectivity index (χ1) is 8.99. The van der Waals surface area contributed by atoms with Crippen LogP contribution in [0.25, 0.3) is 0 Å². The molecule has 1 unspecified atom stereocenters. The van der Waals surface area contributed by atoms with Gasteiger partial charge in [0.25, 0.3) is 0 Å². The molecule has 0 bridgehead atoms. The number of nitriles is 1. The van der Waals surface area contributed by atoms with Gasteiger partial charge in [0, 0.05) is 6.54 Å². The van der Waals surface area contributed by atoms with Gasteiger partial charge in [-0.05, 0) is 43.5 Å². The average molecular weight is 260 g/mol. The molecule has 0 aliphatic rings. The molecule has 1 aromatic rings. The van der Waals surface area contributed by atoms with E-state index < -0.39 is 0 Å². The predicted octanol–water partition coefficient (Wildman–Crippen LogP) is 3.20. The van der Waals surface area contributed by atoms with Crippen LogP contribution in [0, 0.1) is 11.3 Å². The summed E-state index contributed by atoms with van der Waals surface area (Å²) in [6.07, 6.45) is 0.951. The molecule has 3 nitrogen and oxygen atoms in total. The Balaban J connectivity index is 2.75. The molecule has 3 heteroatoms. The van der Waals surface area contributed by atoms with E-state index in [1.807, 2.05) is 20.0 Å². The summed E-state index contributed by atoms with van der Waals surface area (Å²) in [5.74, 6) is 1.41. The first kappa shape index (κ1) is 15.5. The summed E-state index contributed by atoms with van der Waals surface area (Å²) in [6, 6.07) is 8.58. The maximum Gasteiger partial charge on any atom is 0.122 e. The third kappa shape index (κ3) is 4.25. The Hall–Kier alpha value is -1.53. The molecule has 19 heavy (non-hydrogen) atoms. The Bertz CT molecular complexity index is 449. The van der Waals surface area contributed by atoms with E-state index in [1.54, 1.807) is 7.11 Å². The lowest BCUT2D eigenvalue weighted by Gasteiger charge is -2.19. The normalized spacial score (nSPS) is 12.5. The van der Waals surface area contributed by atoms with Crippen molar-refractivity contribution < 1.29 is 4.74 Å². The molecule has 0 saturated heterocycles. The predicted molar refractivity (Wildman–Crippen MR) is 78.5 cm³/mol. The van der Waals surface area contributed by atoms with Crippen molar-refractivity contribution >= 4 is 0 Å². The van der Waals surface area contributed by atoms with Crippen LogP contribution < -0.4 is 4.74 Å². The highest BCUT2D eigenvalue weighted by Gasteiger charge is 2.10. The van der Waals surface area contributed by atoms with Gasteiger partial charge in [0.1, 0.15) is 5.75 Å². The Kier molecular flexibility index (Phi) is 5.85. The van der Waals surface area contributed by atoms with Crippen molar-refractivity contribution in [3.8, 4) is 11.8 Å². The molecule has 104 valence electrons. The van der Waals surface area contributed by atoms with Crippen LogP contribution in [0.2, 0.25) is 0 Å². The molecule has 0 heterocycles. The smallest absolute Gasteiger partial charge is 0.122 e. The second kappa shape index (κ2) is 7.16. The number of ether oxygens (including phenoxy) is 1. The molecule has 0 aromatic heterocycles. The van der Waals surface area contributed by atoms with Crippen LogP contribution in [-0.2, 0) is 6.42 Å². The van der Waals surface area contributed by atoms with Crippen LogP contribution in [0.5, 0.6) is 5.75 Å². The highest BCUT2D eigenvalue weighted by molar-refractivity contribution is 5.39. The lowest BCUT2D eigenvalue weighted by molar-refractivity contribution is 0.306. The van der Waals surface area contributed by atoms with Crippen molar-refractivity contribution in [1.82, 2.24) is 4.90 Å². The number of methoxy groups -OCH3 is 1. The monoisotopic (exact) mass is 260 g/mol. The molecule has 0 saturated carbocycles. The average Bonchev–Trinajstić information content (AvgIpc) is 2.43. The van der Waals surface area contributed by atoms with E-state index in [1.165, 1.54) is 11.1 Å². The van der Waals surface area contributed by atoms with Crippen LogP contribution in [0.3, 0.4) is 0 Å². The summed E-state index contributed by atoms with van der Waals surface area (Å²) in [6.45, 7) is 7.16. The van der Waals surface area contributed by atoms with Gasteiger partial charge in [0.05, 0.1) is 19.2 Å². The minimum atomic E-state index is -0.0391. The van der Waals surface area contributed by atoms with Crippen molar-refractivity contribution in [2.24, 2.45) is 0 Å². The Labute approximate surface area is 116 Å². The highest BCUT2D eigenvalue weighted by atomic mass is 16.5. The molecule has 0 fully saturated rings. The van der Waals surface area contributed by atoms with E-state index in [-0.39, 0.29) is 6.04 Å². The third-order valence-electron chi connectivity index (χ3n) is 3.52. The van der Waals surface area contributed by atoms with E-state index in [4.69, 9.17) is 10.00 Å². The zero-order valence-electron chi connectivity index (χ0n) is 12.6. The fourth-order valence-corrected chi connectivity index (χ4v) is 1.99. The number of hydrogen-bond donors (Lipinski definition) is 0. The van der Waals surface area contributed by atoms with E-state index in [0.717, 1.165) is 18.7 Å². The molecule has 0 aliphatic heterocycles. The van der Waals surface area contributed by atoms with Gasteiger partial charge in [0.15, 0.2) is 0 Å². The van der Waals surface area contributed by atoms with Gasteiger partial charge in [-0.25, -0.2) is 0 Å². The molecule has 0 spiro atoms. The van der Waals surface area contributed by atoms with Crippen LogP contribution in [0.15, 0.2) is 18.2 Å². The summed E-state index contributed by atoms with van der Waals surface area (Å²) in [4.78, 5) is 2.07. The van der Waals surface area contributed by atoms with Gasteiger partial charge in [-0.3, -0.25) is 4.90 Å². The second-order valence-electron chi connectivity index (χ2n) is 5.27. The maximum absolute atomic E-state index is 8.88. The van der Waals surface area contributed by atoms with Crippen molar-refractivity contribution in [3.63, 3.8) is 0 Å². The number of hydrogen-bond acceptors (Lipinski definition) is 3. The number of rotatable bonds is 6. The summed E-state index contributed by atoms with van der Waals surface area (Å²) < 4.78 is 5.39. The van der Waals surface area contributed by atoms with Crippen LogP contribution >= 0.6 is 0 Å². The van der Waals surface area contributed by atoms with E-state index in [2.05, 4.69) is 36.9 Å². The first-order valence-electron chi connectivity index (χ1n) is 6.76. The largest absolute Gasteiger partial charge is 0.496 e. The first-order valence-corrected chi connectivity index (χ1v) is 6.76. The summed E-state index contributed by atoms with van der Waals surface area (Å²) in [7, 11) is 3.70. The molecule has 0 aliphatic carbocycles. The minimum Gasteiger partial charge on any atom is -0.496 e. The lowest BCUT2D eigenvalue weighted by atomic mass is 9.98. The standard InChI is InChI=1S/C16H24N2O/c1-12(2)15-10-14(6-7-16(15)19-5)8-9-18(4)13(3)11-17/h6-7,10,12-13H,8-9H2,1-5H3. The van der Waals surface area contributed by atoms with Gasteiger partial charge >= 0.3 is 0 Å². The van der Waals surface area contributed by atoms with Crippen molar-refractivity contribution in [2.45, 2.75) is 39.2 Å². The van der Waals surface area contributed by atoms with E-state index >= 15 is 0 Å². The van der Waals surface area contributed by atoms with Gasteiger partial charge < -0.3 is 4.74 Å². The van der Waals surface area contributed by atoms with Gasteiger partial charge in [-0.2, -0.15) is 5.26 Å². The number of likely N-dealkylation sites (N-methyl/N-ethyl adjacent to an activating group) is 1. The van der Waals surface area contributed by atoms with Crippen molar-refractivity contribution in [2.75, 3.05) is 20.7 Å². The fraction of sp³-hybridized carbons (Fsp3) is 0.562. The topological polar surface area (TPSA) is 36.3 Å². The molecule has 1 aromatic carbocycles. The van der Waals surface area contributed by atoms with Crippen LogP contribution in [0.4, 0.5) is 0 Å². The Morgan fingerprint density at radius 1 is 1.32 bits per heavy atom. The highest BCUT2D eigenvalue weighted by Crippen LogP contribution is 2.27. The zero-order chi connectivity index (χ0) is 14.4. The Morgan fingerprint density at radius 2 is 2.00 bits per heavy atom. The molecule has 0 N–H and O–H groups in total.